The molecule has 0 fully saturated rings. The number of rotatable bonds is 2. The third-order valence-electron chi connectivity index (χ3n) is 5.13. The molecule has 0 bridgehead atoms. The molecule has 3 rings (SSSR count). The number of hydrogen-bond donors (Lipinski definition) is 1. The number of alkyl halides is 3. The molecule has 1 aromatic heterocycles. The number of anilines is 1. The minimum Gasteiger partial charge on any atom is -0.389 e. The molecule has 2 aromatic rings. The molecule has 27 heavy (non-hydrogen) atoms. The molecule has 146 valence electrons. The number of nitrogens with two attached hydrogens (primary N) is 1. The molecule has 0 aliphatic carbocycles. The van der Waals surface area contributed by atoms with Crippen molar-refractivity contribution in [3.63, 3.8) is 0 Å². The molecule has 0 amide bonds. The van der Waals surface area contributed by atoms with E-state index in [-0.39, 0.29) is 10.5 Å². The number of aryl methyl sites for hydroxylation is 1. The zero-order chi connectivity index (χ0) is 20.5. The van der Waals surface area contributed by atoms with Crippen LogP contribution in [0.4, 0.5) is 18.9 Å². The van der Waals surface area contributed by atoms with E-state index < -0.39 is 17.7 Å². The molecule has 10 heteroatoms. The average molecular weight is 399 g/mol. The SMILES string of the molecule is Cc1cc(C(N)=S)c2c(c1-n1nc(C(F)(F)F)n(C)c1=O)CC(C)(C)N2C. The van der Waals surface area contributed by atoms with Gasteiger partial charge in [0.15, 0.2) is 0 Å². The van der Waals surface area contributed by atoms with E-state index in [1.54, 1.807) is 13.0 Å². The van der Waals surface area contributed by atoms with Gasteiger partial charge in [-0.15, -0.1) is 5.10 Å². The number of fused-ring (bicyclic) bond motifs is 1. The first-order valence-electron chi connectivity index (χ1n) is 8.21. The number of thiocarbonyl (C=S) groups is 1. The summed E-state index contributed by atoms with van der Waals surface area (Å²) in [5.41, 5.74) is 7.68. The van der Waals surface area contributed by atoms with Crippen LogP contribution in [0.2, 0.25) is 0 Å². The lowest BCUT2D eigenvalue weighted by Gasteiger charge is -2.31. The highest BCUT2D eigenvalue weighted by atomic mass is 32.1. The highest BCUT2D eigenvalue weighted by Gasteiger charge is 2.41. The van der Waals surface area contributed by atoms with Crippen LogP contribution in [0.5, 0.6) is 0 Å². The van der Waals surface area contributed by atoms with Crippen molar-refractivity contribution in [2.75, 3.05) is 11.9 Å². The van der Waals surface area contributed by atoms with Crippen molar-refractivity contribution in [1.82, 2.24) is 14.3 Å². The first-order valence-corrected chi connectivity index (χ1v) is 8.62. The van der Waals surface area contributed by atoms with Crippen molar-refractivity contribution in [1.29, 1.82) is 0 Å². The van der Waals surface area contributed by atoms with Gasteiger partial charge in [0.05, 0.1) is 11.4 Å². The summed E-state index contributed by atoms with van der Waals surface area (Å²) in [6.45, 7) is 5.70. The molecular weight excluding hydrogens is 379 g/mol. The average Bonchev–Trinajstić information content (AvgIpc) is 2.94. The topological polar surface area (TPSA) is 69.1 Å². The van der Waals surface area contributed by atoms with Crippen LogP contribution in [-0.4, -0.2) is 31.9 Å². The maximum atomic E-state index is 13.2. The van der Waals surface area contributed by atoms with E-state index in [9.17, 15) is 18.0 Å². The van der Waals surface area contributed by atoms with E-state index in [2.05, 4.69) is 5.10 Å². The number of nitrogens with zero attached hydrogens (tertiary/aromatic N) is 4. The van der Waals surface area contributed by atoms with E-state index in [0.717, 1.165) is 17.4 Å². The van der Waals surface area contributed by atoms with E-state index in [1.807, 2.05) is 25.8 Å². The number of halogens is 3. The number of hydrogen-bond acceptors (Lipinski definition) is 4. The summed E-state index contributed by atoms with van der Waals surface area (Å²) in [4.78, 5) is 14.7. The van der Waals surface area contributed by atoms with Crippen LogP contribution in [0.1, 0.15) is 36.4 Å². The highest BCUT2D eigenvalue weighted by molar-refractivity contribution is 7.80. The standard InChI is InChI=1S/C17H20F3N5OS/c1-8-6-9(13(21)27)12-10(7-16(2,3)24(12)5)11(8)25-15(26)23(4)14(22-25)17(18,19)20/h6H,7H2,1-5H3,(H2,21,27). The Hall–Kier alpha value is -2.36. The summed E-state index contributed by atoms with van der Waals surface area (Å²) in [5.74, 6) is -1.25. The smallest absolute Gasteiger partial charge is 0.389 e. The van der Waals surface area contributed by atoms with E-state index in [1.165, 1.54) is 0 Å². The van der Waals surface area contributed by atoms with Gasteiger partial charge in [-0.3, -0.25) is 4.57 Å². The van der Waals surface area contributed by atoms with Crippen molar-refractivity contribution >= 4 is 22.9 Å². The third kappa shape index (κ3) is 2.82. The quantitative estimate of drug-likeness (QED) is 0.785. The molecule has 0 saturated carbocycles. The van der Waals surface area contributed by atoms with Crippen LogP contribution in [0.15, 0.2) is 10.9 Å². The summed E-state index contributed by atoms with van der Waals surface area (Å²) < 4.78 is 41.0. The lowest BCUT2D eigenvalue weighted by atomic mass is 9.95. The maximum absolute atomic E-state index is 13.2. The number of aromatic nitrogens is 3. The Morgan fingerprint density at radius 3 is 2.37 bits per heavy atom. The molecular formula is C17H20F3N5OS. The molecule has 2 N–H and O–H groups in total. The molecule has 0 radical (unpaired) electrons. The summed E-state index contributed by atoms with van der Waals surface area (Å²) in [7, 11) is 2.93. The molecule has 0 unspecified atom stereocenters. The summed E-state index contributed by atoms with van der Waals surface area (Å²) in [5, 5.41) is 3.60. The number of benzene rings is 1. The van der Waals surface area contributed by atoms with Crippen molar-refractivity contribution in [3.8, 4) is 5.69 Å². The Labute approximate surface area is 159 Å². The third-order valence-corrected chi connectivity index (χ3v) is 5.35. The summed E-state index contributed by atoms with van der Waals surface area (Å²) in [6, 6.07) is 1.70. The van der Waals surface area contributed by atoms with Gasteiger partial charge in [-0.2, -0.15) is 17.9 Å². The Morgan fingerprint density at radius 1 is 1.30 bits per heavy atom. The molecule has 1 aromatic carbocycles. The minimum atomic E-state index is -4.73. The zero-order valence-electron chi connectivity index (χ0n) is 15.6. The van der Waals surface area contributed by atoms with Gasteiger partial charge < -0.3 is 10.6 Å². The number of likely N-dealkylation sites (N-methyl/N-ethyl adjacent to an activating group) is 1. The Morgan fingerprint density at radius 2 is 1.89 bits per heavy atom. The van der Waals surface area contributed by atoms with Gasteiger partial charge in [0.2, 0.25) is 5.82 Å². The van der Waals surface area contributed by atoms with Crippen LogP contribution >= 0.6 is 12.2 Å². The first kappa shape index (κ1) is 19.4. The molecule has 0 atom stereocenters. The summed E-state index contributed by atoms with van der Waals surface area (Å²) >= 11 is 5.16. The fourth-order valence-corrected chi connectivity index (χ4v) is 3.74. The van der Waals surface area contributed by atoms with Crippen LogP contribution in [0.25, 0.3) is 5.69 Å². The predicted molar refractivity (Wildman–Crippen MR) is 101 cm³/mol. The monoisotopic (exact) mass is 399 g/mol. The van der Waals surface area contributed by atoms with Gasteiger partial charge in [0, 0.05) is 30.8 Å². The lowest BCUT2D eigenvalue weighted by Crippen LogP contribution is -2.38. The first-order chi connectivity index (χ1) is 12.3. The van der Waals surface area contributed by atoms with Gasteiger partial charge in [0.1, 0.15) is 4.99 Å². The van der Waals surface area contributed by atoms with E-state index >= 15 is 0 Å². The van der Waals surface area contributed by atoms with Crippen molar-refractivity contribution in [2.24, 2.45) is 12.8 Å². The van der Waals surface area contributed by atoms with Crippen LogP contribution in [-0.2, 0) is 19.6 Å². The fourth-order valence-electron chi connectivity index (χ4n) is 3.58. The van der Waals surface area contributed by atoms with E-state index in [0.29, 0.717) is 33.4 Å². The van der Waals surface area contributed by atoms with Crippen LogP contribution in [0.3, 0.4) is 0 Å². The molecule has 6 nitrogen and oxygen atoms in total. The Balaban J connectivity index is 2.39. The second kappa shape index (κ2) is 5.82. The Bertz CT molecular complexity index is 1020. The van der Waals surface area contributed by atoms with Crippen molar-refractivity contribution < 1.29 is 13.2 Å². The second-order valence-electron chi connectivity index (χ2n) is 7.40. The lowest BCUT2D eigenvalue weighted by molar-refractivity contribution is -0.147. The minimum absolute atomic E-state index is 0.190. The van der Waals surface area contributed by atoms with E-state index in [4.69, 9.17) is 18.0 Å². The second-order valence-corrected chi connectivity index (χ2v) is 7.84. The highest BCUT2D eigenvalue weighted by Crippen LogP contribution is 2.44. The van der Waals surface area contributed by atoms with Crippen LogP contribution in [0, 0.1) is 6.92 Å². The van der Waals surface area contributed by atoms with Gasteiger partial charge in [-0.05, 0) is 38.8 Å². The molecule has 1 aliphatic heterocycles. The van der Waals surface area contributed by atoms with Crippen LogP contribution < -0.4 is 16.3 Å². The molecule has 0 saturated heterocycles. The predicted octanol–water partition coefficient (Wildman–Crippen LogP) is 2.30. The summed E-state index contributed by atoms with van der Waals surface area (Å²) in [6.07, 6.45) is -4.22. The van der Waals surface area contributed by atoms with Gasteiger partial charge in [-0.1, -0.05) is 12.2 Å². The van der Waals surface area contributed by atoms with Gasteiger partial charge in [0.25, 0.3) is 0 Å². The largest absolute Gasteiger partial charge is 0.451 e. The van der Waals surface area contributed by atoms with Crippen molar-refractivity contribution in [2.45, 2.75) is 38.9 Å². The zero-order valence-corrected chi connectivity index (χ0v) is 16.4. The Kier molecular flexibility index (Phi) is 4.18. The van der Waals surface area contributed by atoms with Gasteiger partial charge in [-0.25, -0.2) is 4.79 Å². The fraction of sp³-hybridized carbons (Fsp3) is 0.471. The normalized spacial score (nSPS) is 15.9. The molecule has 2 heterocycles. The molecule has 1 aliphatic rings. The van der Waals surface area contributed by atoms with Gasteiger partial charge >= 0.3 is 11.9 Å². The molecule has 0 spiro atoms. The maximum Gasteiger partial charge on any atom is 0.451 e. The van der Waals surface area contributed by atoms with Crippen molar-refractivity contribution in [3.05, 3.63) is 39.1 Å².